The molecule has 1 fully saturated rings. The summed E-state index contributed by atoms with van der Waals surface area (Å²) in [5, 5.41) is 13.4. The molecule has 1 heterocycles. The van der Waals surface area contributed by atoms with Gasteiger partial charge in [-0.1, -0.05) is 6.07 Å². The van der Waals surface area contributed by atoms with Crippen molar-refractivity contribution in [2.75, 3.05) is 18.5 Å². The number of carbonyl (C=O) groups is 1. The van der Waals surface area contributed by atoms with Crippen molar-refractivity contribution in [3.63, 3.8) is 0 Å². The number of benzene rings is 2. The van der Waals surface area contributed by atoms with Gasteiger partial charge in [0.25, 0.3) is 11.6 Å². The van der Waals surface area contributed by atoms with Crippen molar-refractivity contribution in [3.8, 4) is 5.75 Å². The quantitative estimate of drug-likeness (QED) is 0.642. The first kappa shape index (κ1) is 16.9. The molecule has 1 amide bonds. The molecule has 1 saturated heterocycles. The Bertz CT molecular complexity index is 754. The molecule has 2 aromatic carbocycles. The van der Waals surface area contributed by atoms with Crippen LogP contribution in [0.15, 0.2) is 48.5 Å². The standard InChI is InChI=1S/C18H18N2O5/c21-18(19-14-3-1-4-15(11-14)20(22)23)13-6-8-16(9-7-13)25-12-17-5-2-10-24-17/h1,3-4,6-9,11,17H,2,5,10,12H2,(H,19,21). The summed E-state index contributed by atoms with van der Waals surface area (Å²) in [5.41, 5.74) is 0.740. The average Bonchev–Trinajstić information content (AvgIpc) is 3.14. The summed E-state index contributed by atoms with van der Waals surface area (Å²) in [6.07, 6.45) is 2.20. The van der Waals surface area contributed by atoms with Crippen molar-refractivity contribution >= 4 is 17.3 Å². The fourth-order valence-electron chi connectivity index (χ4n) is 2.57. The molecule has 0 saturated carbocycles. The minimum atomic E-state index is -0.504. The minimum Gasteiger partial charge on any atom is -0.491 e. The molecule has 1 aliphatic rings. The Balaban J connectivity index is 1.58. The van der Waals surface area contributed by atoms with Crippen LogP contribution in [0.3, 0.4) is 0 Å². The largest absolute Gasteiger partial charge is 0.491 e. The van der Waals surface area contributed by atoms with Gasteiger partial charge in [-0.25, -0.2) is 0 Å². The maximum absolute atomic E-state index is 12.2. The Labute approximate surface area is 144 Å². The highest BCUT2D eigenvalue weighted by Crippen LogP contribution is 2.19. The summed E-state index contributed by atoms with van der Waals surface area (Å²) in [4.78, 5) is 22.5. The summed E-state index contributed by atoms with van der Waals surface area (Å²) >= 11 is 0. The normalized spacial score (nSPS) is 16.4. The topological polar surface area (TPSA) is 90.7 Å². The van der Waals surface area contributed by atoms with Gasteiger partial charge < -0.3 is 14.8 Å². The molecule has 1 N–H and O–H groups in total. The summed E-state index contributed by atoms with van der Waals surface area (Å²) in [6, 6.07) is 12.6. The van der Waals surface area contributed by atoms with Gasteiger partial charge in [0.15, 0.2) is 0 Å². The van der Waals surface area contributed by atoms with Crippen LogP contribution in [0.5, 0.6) is 5.75 Å². The van der Waals surface area contributed by atoms with Gasteiger partial charge >= 0.3 is 0 Å². The van der Waals surface area contributed by atoms with E-state index in [1.807, 2.05) is 0 Å². The molecule has 7 heteroatoms. The van der Waals surface area contributed by atoms with Crippen LogP contribution in [-0.2, 0) is 4.74 Å². The van der Waals surface area contributed by atoms with Crippen molar-refractivity contribution in [3.05, 3.63) is 64.2 Å². The lowest BCUT2D eigenvalue weighted by molar-refractivity contribution is -0.384. The number of hydrogen-bond acceptors (Lipinski definition) is 5. The minimum absolute atomic E-state index is 0.0734. The van der Waals surface area contributed by atoms with E-state index in [1.165, 1.54) is 18.2 Å². The lowest BCUT2D eigenvalue weighted by Gasteiger charge is -2.11. The fourth-order valence-corrected chi connectivity index (χ4v) is 2.57. The summed E-state index contributed by atoms with van der Waals surface area (Å²) in [7, 11) is 0. The van der Waals surface area contributed by atoms with Crippen LogP contribution in [0.2, 0.25) is 0 Å². The number of nitro benzene ring substituents is 1. The number of non-ortho nitro benzene ring substituents is 1. The van der Waals surface area contributed by atoms with E-state index in [-0.39, 0.29) is 17.7 Å². The molecular weight excluding hydrogens is 324 g/mol. The average molecular weight is 342 g/mol. The molecule has 1 aliphatic heterocycles. The highest BCUT2D eigenvalue weighted by molar-refractivity contribution is 6.04. The zero-order valence-corrected chi connectivity index (χ0v) is 13.5. The van der Waals surface area contributed by atoms with Crippen LogP contribution in [-0.4, -0.2) is 30.1 Å². The second kappa shape index (κ2) is 7.76. The first-order valence-electron chi connectivity index (χ1n) is 8.02. The van der Waals surface area contributed by atoms with E-state index in [0.29, 0.717) is 23.6 Å². The van der Waals surface area contributed by atoms with Gasteiger partial charge in [-0.15, -0.1) is 0 Å². The van der Waals surface area contributed by atoms with Gasteiger partial charge in [0, 0.05) is 30.0 Å². The number of amides is 1. The van der Waals surface area contributed by atoms with Crippen LogP contribution in [0, 0.1) is 10.1 Å². The molecule has 25 heavy (non-hydrogen) atoms. The third-order valence-corrected chi connectivity index (χ3v) is 3.89. The molecule has 2 aromatic rings. The van der Waals surface area contributed by atoms with E-state index in [2.05, 4.69) is 5.32 Å². The molecule has 0 aliphatic carbocycles. The van der Waals surface area contributed by atoms with Crippen molar-refractivity contribution in [2.24, 2.45) is 0 Å². The third-order valence-electron chi connectivity index (χ3n) is 3.89. The van der Waals surface area contributed by atoms with Gasteiger partial charge in [-0.05, 0) is 43.2 Å². The van der Waals surface area contributed by atoms with E-state index in [9.17, 15) is 14.9 Å². The van der Waals surface area contributed by atoms with E-state index in [0.717, 1.165) is 19.4 Å². The highest BCUT2D eigenvalue weighted by Gasteiger charge is 2.16. The van der Waals surface area contributed by atoms with Gasteiger partial charge in [0.2, 0.25) is 0 Å². The first-order valence-corrected chi connectivity index (χ1v) is 8.02. The van der Waals surface area contributed by atoms with Crippen molar-refractivity contribution in [1.29, 1.82) is 0 Å². The predicted octanol–water partition coefficient (Wildman–Crippen LogP) is 3.40. The fraction of sp³-hybridized carbons (Fsp3) is 0.278. The van der Waals surface area contributed by atoms with Crippen LogP contribution < -0.4 is 10.1 Å². The number of carbonyl (C=O) groups excluding carboxylic acids is 1. The number of nitrogens with zero attached hydrogens (tertiary/aromatic N) is 1. The SMILES string of the molecule is O=C(Nc1cccc([N+](=O)[O-])c1)c1ccc(OCC2CCCO2)cc1. The molecule has 7 nitrogen and oxygen atoms in total. The van der Waals surface area contributed by atoms with Gasteiger partial charge in [-0.3, -0.25) is 14.9 Å². The predicted molar refractivity (Wildman–Crippen MR) is 92.0 cm³/mol. The second-order valence-corrected chi connectivity index (χ2v) is 5.73. The zero-order chi connectivity index (χ0) is 17.6. The molecule has 0 bridgehead atoms. The van der Waals surface area contributed by atoms with E-state index in [4.69, 9.17) is 9.47 Å². The van der Waals surface area contributed by atoms with Crippen LogP contribution in [0.1, 0.15) is 23.2 Å². The lowest BCUT2D eigenvalue weighted by Crippen LogP contribution is -2.16. The molecular formula is C18H18N2O5. The first-order chi connectivity index (χ1) is 12.1. The van der Waals surface area contributed by atoms with Gasteiger partial charge in [-0.2, -0.15) is 0 Å². The molecule has 0 radical (unpaired) electrons. The number of hydrogen-bond donors (Lipinski definition) is 1. The number of ether oxygens (including phenoxy) is 2. The molecule has 3 rings (SSSR count). The molecule has 130 valence electrons. The number of nitrogens with one attached hydrogen (secondary N) is 1. The zero-order valence-electron chi connectivity index (χ0n) is 13.5. The summed E-state index contributed by atoms with van der Waals surface area (Å²) in [5.74, 6) is 0.327. The summed E-state index contributed by atoms with van der Waals surface area (Å²) in [6.45, 7) is 1.28. The van der Waals surface area contributed by atoms with Gasteiger partial charge in [0.05, 0.1) is 11.0 Å². The Morgan fingerprint density at radius 3 is 2.76 bits per heavy atom. The molecule has 0 aromatic heterocycles. The maximum atomic E-state index is 12.2. The van der Waals surface area contributed by atoms with E-state index >= 15 is 0 Å². The van der Waals surface area contributed by atoms with Crippen molar-refractivity contribution in [2.45, 2.75) is 18.9 Å². The number of nitro groups is 1. The highest BCUT2D eigenvalue weighted by atomic mass is 16.6. The Morgan fingerprint density at radius 2 is 2.08 bits per heavy atom. The Morgan fingerprint density at radius 1 is 1.28 bits per heavy atom. The van der Waals surface area contributed by atoms with Crippen LogP contribution in [0.4, 0.5) is 11.4 Å². The number of rotatable bonds is 6. The number of anilines is 1. The molecule has 1 unspecified atom stereocenters. The van der Waals surface area contributed by atoms with Gasteiger partial charge in [0.1, 0.15) is 12.4 Å². The smallest absolute Gasteiger partial charge is 0.271 e. The third kappa shape index (κ3) is 4.54. The Hall–Kier alpha value is -2.93. The molecule has 0 spiro atoms. The van der Waals surface area contributed by atoms with Crippen LogP contribution >= 0.6 is 0 Å². The van der Waals surface area contributed by atoms with Crippen molar-refractivity contribution in [1.82, 2.24) is 0 Å². The maximum Gasteiger partial charge on any atom is 0.271 e. The Kier molecular flexibility index (Phi) is 5.25. The van der Waals surface area contributed by atoms with Crippen molar-refractivity contribution < 1.29 is 19.2 Å². The van der Waals surface area contributed by atoms with E-state index in [1.54, 1.807) is 30.3 Å². The van der Waals surface area contributed by atoms with E-state index < -0.39 is 4.92 Å². The van der Waals surface area contributed by atoms with Crippen LogP contribution in [0.25, 0.3) is 0 Å². The molecule has 1 atom stereocenters. The second-order valence-electron chi connectivity index (χ2n) is 5.73. The monoisotopic (exact) mass is 342 g/mol. The lowest BCUT2D eigenvalue weighted by atomic mass is 10.2. The summed E-state index contributed by atoms with van der Waals surface area (Å²) < 4.78 is 11.1.